The fourth-order valence-corrected chi connectivity index (χ4v) is 4.15. The van der Waals surface area contributed by atoms with Crippen LogP contribution in [-0.4, -0.2) is 34.8 Å². The van der Waals surface area contributed by atoms with Crippen molar-refractivity contribution in [2.24, 2.45) is 0 Å². The standard InChI is InChI=1S/C26H29N3O3/c1-18-12-19(2)14-21(13-18)15-24(30)27-16-20-6-8-22(9-7-20)25-28-23(17-32-25)26(31)29-10-4-3-5-11-29/h6-9,12-14,17H,3-5,10-11,15-16H2,1-2H3,(H,27,30). The molecule has 166 valence electrons. The van der Waals surface area contributed by atoms with Gasteiger partial charge in [0.1, 0.15) is 6.26 Å². The lowest BCUT2D eigenvalue weighted by Gasteiger charge is -2.25. The van der Waals surface area contributed by atoms with Gasteiger partial charge in [-0.3, -0.25) is 9.59 Å². The van der Waals surface area contributed by atoms with E-state index >= 15 is 0 Å². The number of amides is 2. The summed E-state index contributed by atoms with van der Waals surface area (Å²) < 4.78 is 5.56. The number of carbonyl (C=O) groups excluding carboxylic acids is 2. The highest BCUT2D eigenvalue weighted by atomic mass is 16.3. The molecule has 2 heterocycles. The second kappa shape index (κ2) is 9.81. The molecule has 1 fully saturated rings. The minimum absolute atomic E-state index is 0.00681. The molecule has 0 atom stereocenters. The Morgan fingerprint density at radius 2 is 1.66 bits per heavy atom. The molecule has 4 rings (SSSR count). The van der Waals surface area contributed by atoms with Crippen LogP contribution >= 0.6 is 0 Å². The number of carbonyl (C=O) groups is 2. The Labute approximate surface area is 188 Å². The van der Waals surface area contributed by atoms with Gasteiger partial charge in [0, 0.05) is 25.2 Å². The normalized spacial score (nSPS) is 13.8. The predicted molar refractivity (Wildman–Crippen MR) is 123 cm³/mol. The second-order valence-corrected chi connectivity index (χ2v) is 8.54. The number of benzene rings is 2. The zero-order chi connectivity index (χ0) is 22.5. The molecule has 0 bridgehead atoms. The smallest absolute Gasteiger partial charge is 0.275 e. The third-order valence-corrected chi connectivity index (χ3v) is 5.70. The van der Waals surface area contributed by atoms with Crippen molar-refractivity contribution in [2.75, 3.05) is 13.1 Å². The van der Waals surface area contributed by atoms with Crippen LogP contribution in [0.5, 0.6) is 0 Å². The van der Waals surface area contributed by atoms with E-state index in [-0.39, 0.29) is 11.8 Å². The van der Waals surface area contributed by atoms with Gasteiger partial charge in [-0.1, -0.05) is 41.5 Å². The maximum atomic E-state index is 12.6. The molecule has 1 N–H and O–H groups in total. The second-order valence-electron chi connectivity index (χ2n) is 8.54. The van der Waals surface area contributed by atoms with E-state index in [1.807, 2.05) is 55.1 Å². The fraction of sp³-hybridized carbons (Fsp3) is 0.346. The van der Waals surface area contributed by atoms with Crippen LogP contribution in [0.25, 0.3) is 11.5 Å². The summed E-state index contributed by atoms with van der Waals surface area (Å²) in [5.41, 5.74) is 5.48. The summed E-state index contributed by atoms with van der Waals surface area (Å²) in [6, 6.07) is 13.8. The van der Waals surface area contributed by atoms with Gasteiger partial charge in [0.2, 0.25) is 11.8 Å². The van der Waals surface area contributed by atoms with E-state index < -0.39 is 0 Å². The molecule has 0 spiro atoms. The van der Waals surface area contributed by atoms with Crippen molar-refractivity contribution in [3.8, 4) is 11.5 Å². The Kier molecular flexibility index (Phi) is 6.69. The zero-order valence-electron chi connectivity index (χ0n) is 18.7. The Morgan fingerprint density at radius 1 is 0.969 bits per heavy atom. The van der Waals surface area contributed by atoms with Gasteiger partial charge >= 0.3 is 0 Å². The average molecular weight is 432 g/mol. The Hall–Kier alpha value is -3.41. The number of likely N-dealkylation sites (tertiary alicyclic amines) is 1. The predicted octanol–water partition coefficient (Wildman–Crippen LogP) is 4.44. The third-order valence-electron chi connectivity index (χ3n) is 5.70. The monoisotopic (exact) mass is 431 g/mol. The number of nitrogens with zero attached hydrogens (tertiary/aromatic N) is 2. The van der Waals surface area contributed by atoms with Gasteiger partial charge in [-0.25, -0.2) is 4.98 Å². The summed E-state index contributed by atoms with van der Waals surface area (Å²) >= 11 is 0. The van der Waals surface area contributed by atoms with Gasteiger partial charge in [0.05, 0.1) is 6.42 Å². The maximum Gasteiger partial charge on any atom is 0.275 e. The molecule has 2 aromatic carbocycles. The van der Waals surface area contributed by atoms with E-state index in [0.717, 1.165) is 53.7 Å². The first-order valence-corrected chi connectivity index (χ1v) is 11.2. The van der Waals surface area contributed by atoms with Crippen LogP contribution < -0.4 is 5.32 Å². The Morgan fingerprint density at radius 3 is 2.34 bits per heavy atom. The van der Waals surface area contributed by atoms with Crippen molar-refractivity contribution in [3.63, 3.8) is 0 Å². The molecule has 32 heavy (non-hydrogen) atoms. The van der Waals surface area contributed by atoms with E-state index in [1.54, 1.807) is 0 Å². The molecule has 1 aliphatic heterocycles. The quantitative estimate of drug-likeness (QED) is 0.626. The van der Waals surface area contributed by atoms with Gasteiger partial charge in [-0.05, 0) is 56.4 Å². The molecule has 0 saturated carbocycles. The largest absolute Gasteiger partial charge is 0.444 e. The van der Waals surface area contributed by atoms with Crippen LogP contribution in [0.4, 0.5) is 0 Å². The summed E-state index contributed by atoms with van der Waals surface area (Å²) in [6.07, 6.45) is 5.06. The molecule has 3 aromatic rings. The fourth-order valence-electron chi connectivity index (χ4n) is 4.15. The van der Waals surface area contributed by atoms with Crippen LogP contribution in [0.15, 0.2) is 53.1 Å². The number of oxazole rings is 1. The van der Waals surface area contributed by atoms with E-state index in [0.29, 0.717) is 24.6 Å². The van der Waals surface area contributed by atoms with Crippen LogP contribution in [-0.2, 0) is 17.8 Å². The first-order valence-electron chi connectivity index (χ1n) is 11.2. The highest BCUT2D eigenvalue weighted by molar-refractivity contribution is 5.92. The van der Waals surface area contributed by atoms with Gasteiger partial charge < -0.3 is 14.6 Å². The summed E-state index contributed by atoms with van der Waals surface area (Å²) in [6.45, 7) is 6.09. The number of aryl methyl sites for hydroxylation is 2. The minimum Gasteiger partial charge on any atom is -0.444 e. The van der Waals surface area contributed by atoms with Crippen LogP contribution in [0.2, 0.25) is 0 Å². The van der Waals surface area contributed by atoms with Gasteiger partial charge in [0.15, 0.2) is 5.69 Å². The molecule has 1 aliphatic rings. The topological polar surface area (TPSA) is 75.4 Å². The molecule has 1 saturated heterocycles. The van der Waals surface area contributed by atoms with E-state index in [2.05, 4.69) is 16.4 Å². The Balaban J connectivity index is 1.32. The highest BCUT2D eigenvalue weighted by Crippen LogP contribution is 2.21. The molecule has 6 heteroatoms. The van der Waals surface area contributed by atoms with Gasteiger partial charge in [-0.2, -0.15) is 0 Å². The first kappa shape index (κ1) is 21.8. The first-order chi connectivity index (χ1) is 15.5. The van der Waals surface area contributed by atoms with E-state index in [4.69, 9.17) is 4.42 Å². The lowest BCUT2D eigenvalue weighted by molar-refractivity contribution is -0.120. The molecule has 2 amide bonds. The van der Waals surface area contributed by atoms with Crippen molar-refractivity contribution in [1.29, 1.82) is 0 Å². The molecular weight excluding hydrogens is 402 g/mol. The third kappa shape index (κ3) is 5.44. The van der Waals surface area contributed by atoms with Crippen LogP contribution in [0, 0.1) is 13.8 Å². The average Bonchev–Trinajstić information content (AvgIpc) is 3.28. The van der Waals surface area contributed by atoms with Crippen LogP contribution in [0.1, 0.15) is 52.0 Å². The van der Waals surface area contributed by atoms with Crippen molar-refractivity contribution in [1.82, 2.24) is 15.2 Å². The number of piperidine rings is 1. The molecule has 0 unspecified atom stereocenters. The van der Waals surface area contributed by atoms with E-state index in [9.17, 15) is 9.59 Å². The summed E-state index contributed by atoms with van der Waals surface area (Å²) in [5, 5.41) is 2.97. The zero-order valence-corrected chi connectivity index (χ0v) is 18.7. The van der Waals surface area contributed by atoms with Crippen LogP contribution in [0.3, 0.4) is 0 Å². The van der Waals surface area contributed by atoms with Crippen molar-refractivity contribution in [3.05, 3.63) is 76.7 Å². The molecule has 0 aliphatic carbocycles. The number of hydrogen-bond acceptors (Lipinski definition) is 4. The van der Waals surface area contributed by atoms with Crippen molar-refractivity contribution < 1.29 is 14.0 Å². The summed E-state index contributed by atoms with van der Waals surface area (Å²) in [4.78, 5) is 31.1. The van der Waals surface area contributed by atoms with Gasteiger partial charge in [0.25, 0.3) is 5.91 Å². The van der Waals surface area contributed by atoms with Crippen molar-refractivity contribution >= 4 is 11.8 Å². The number of hydrogen-bond donors (Lipinski definition) is 1. The number of nitrogens with one attached hydrogen (secondary N) is 1. The lowest BCUT2D eigenvalue weighted by atomic mass is 10.0. The summed E-state index contributed by atoms with van der Waals surface area (Å²) in [5.74, 6) is 0.353. The molecular formula is C26H29N3O3. The number of rotatable bonds is 6. The van der Waals surface area contributed by atoms with Gasteiger partial charge in [-0.15, -0.1) is 0 Å². The van der Waals surface area contributed by atoms with Crippen molar-refractivity contribution in [2.45, 2.75) is 46.1 Å². The highest BCUT2D eigenvalue weighted by Gasteiger charge is 2.21. The minimum atomic E-state index is -0.0668. The number of aromatic nitrogens is 1. The molecule has 6 nitrogen and oxygen atoms in total. The molecule has 0 radical (unpaired) electrons. The Bertz CT molecular complexity index is 1080. The summed E-state index contributed by atoms with van der Waals surface area (Å²) in [7, 11) is 0. The maximum absolute atomic E-state index is 12.6. The SMILES string of the molecule is Cc1cc(C)cc(CC(=O)NCc2ccc(-c3nc(C(=O)N4CCCCC4)co3)cc2)c1. The lowest BCUT2D eigenvalue weighted by Crippen LogP contribution is -2.35. The van der Waals surface area contributed by atoms with E-state index in [1.165, 1.54) is 12.7 Å². The molecule has 1 aromatic heterocycles.